The third kappa shape index (κ3) is 3.40. The molecule has 0 saturated carbocycles. The number of para-hydroxylation sites is 1. The van der Waals surface area contributed by atoms with Gasteiger partial charge in [-0.2, -0.15) is 0 Å². The Hall–Kier alpha value is -0.730. The van der Waals surface area contributed by atoms with E-state index in [1.807, 2.05) is 24.3 Å². The molecule has 0 spiro atoms. The molecular weight excluding hydrogens is 210 g/mol. The number of likely N-dealkylation sites (N-methyl/N-ethyl adjacent to an activating group) is 1. The molecule has 1 aromatic rings. The Morgan fingerprint density at radius 1 is 1.40 bits per heavy atom. The molecule has 3 heteroatoms. The van der Waals surface area contributed by atoms with Crippen molar-refractivity contribution in [1.82, 2.24) is 0 Å². The Labute approximate surface area is 96.8 Å². The third-order valence-corrected chi connectivity index (χ3v) is 2.77. The predicted octanol–water partition coefficient (Wildman–Crippen LogP) is 3.20. The van der Waals surface area contributed by atoms with Crippen molar-refractivity contribution in [3.63, 3.8) is 0 Å². The van der Waals surface area contributed by atoms with Gasteiger partial charge in [-0.1, -0.05) is 23.7 Å². The minimum atomic E-state index is 0.209. The number of hydrogen-bond donors (Lipinski definition) is 0. The van der Waals surface area contributed by atoms with E-state index in [-0.39, 0.29) is 6.10 Å². The number of nitrogens with zero attached hydrogens (tertiary/aromatic N) is 1. The van der Waals surface area contributed by atoms with Crippen LogP contribution in [0.5, 0.6) is 0 Å². The standard InChI is InChI=1S/C12H18ClNO/c1-4-14(9-10(2)15-3)12-8-6-5-7-11(12)13/h5-8,10H,4,9H2,1-3H3. The Balaban J connectivity index is 2.78. The first-order valence-corrected chi connectivity index (χ1v) is 5.59. The predicted molar refractivity (Wildman–Crippen MR) is 65.8 cm³/mol. The molecule has 0 radical (unpaired) electrons. The van der Waals surface area contributed by atoms with E-state index in [0.717, 1.165) is 23.8 Å². The summed E-state index contributed by atoms with van der Waals surface area (Å²) in [7, 11) is 1.73. The lowest BCUT2D eigenvalue weighted by Gasteiger charge is -2.26. The molecule has 0 N–H and O–H groups in total. The Morgan fingerprint density at radius 2 is 2.07 bits per heavy atom. The molecule has 15 heavy (non-hydrogen) atoms. The molecule has 0 aliphatic carbocycles. The van der Waals surface area contributed by atoms with Crippen molar-refractivity contribution >= 4 is 17.3 Å². The minimum absolute atomic E-state index is 0.209. The first-order chi connectivity index (χ1) is 7.19. The van der Waals surface area contributed by atoms with Crippen LogP contribution in [0.25, 0.3) is 0 Å². The number of benzene rings is 1. The summed E-state index contributed by atoms with van der Waals surface area (Å²) in [5, 5.41) is 0.794. The zero-order valence-corrected chi connectivity index (χ0v) is 10.3. The Morgan fingerprint density at radius 3 is 2.60 bits per heavy atom. The largest absolute Gasteiger partial charge is 0.380 e. The fraction of sp³-hybridized carbons (Fsp3) is 0.500. The van der Waals surface area contributed by atoms with Crippen LogP contribution in [0.4, 0.5) is 5.69 Å². The third-order valence-electron chi connectivity index (χ3n) is 2.45. The van der Waals surface area contributed by atoms with Gasteiger partial charge in [0.2, 0.25) is 0 Å². The van der Waals surface area contributed by atoms with E-state index in [1.54, 1.807) is 7.11 Å². The van der Waals surface area contributed by atoms with Crippen molar-refractivity contribution in [2.75, 3.05) is 25.1 Å². The van der Waals surface area contributed by atoms with Gasteiger partial charge in [-0.3, -0.25) is 0 Å². The zero-order chi connectivity index (χ0) is 11.3. The van der Waals surface area contributed by atoms with Crippen LogP contribution in [-0.4, -0.2) is 26.3 Å². The Kier molecular flexibility index (Phi) is 4.92. The number of anilines is 1. The van der Waals surface area contributed by atoms with Gasteiger partial charge in [-0.25, -0.2) is 0 Å². The lowest BCUT2D eigenvalue weighted by Crippen LogP contribution is -2.31. The molecule has 84 valence electrons. The van der Waals surface area contributed by atoms with E-state index in [0.29, 0.717) is 0 Å². The first-order valence-electron chi connectivity index (χ1n) is 5.21. The van der Waals surface area contributed by atoms with Crippen LogP contribution in [0.15, 0.2) is 24.3 Å². The van der Waals surface area contributed by atoms with E-state index in [2.05, 4.69) is 18.7 Å². The van der Waals surface area contributed by atoms with Crippen LogP contribution in [0, 0.1) is 0 Å². The van der Waals surface area contributed by atoms with Crippen LogP contribution in [0.3, 0.4) is 0 Å². The second-order valence-electron chi connectivity index (χ2n) is 3.54. The number of ether oxygens (including phenoxy) is 1. The van der Waals surface area contributed by atoms with Crippen LogP contribution in [0.1, 0.15) is 13.8 Å². The molecule has 0 aliphatic heterocycles. The molecule has 0 fully saturated rings. The molecule has 0 amide bonds. The summed E-state index contributed by atoms with van der Waals surface area (Å²) in [6.07, 6.45) is 0.209. The van der Waals surface area contributed by atoms with Gasteiger partial charge in [0.05, 0.1) is 16.8 Å². The van der Waals surface area contributed by atoms with Crippen LogP contribution < -0.4 is 4.90 Å². The molecule has 1 aromatic carbocycles. The second-order valence-corrected chi connectivity index (χ2v) is 3.94. The van der Waals surface area contributed by atoms with Crippen LogP contribution >= 0.6 is 11.6 Å². The summed E-state index contributed by atoms with van der Waals surface area (Å²) in [6.45, 7) is 5.96. The average Bonchev–Trinajstić information content (AvgIpc) is 2.26. The minimum Gasteiger partial charge on any atom is -0.380 e. The number of methoxy groups -OCH3 is 1. The topological polar surface area (TPSA) is 12.5 Å². The summed E-state index contributed by atoms with van der Waals surface area (Å²) in [5.74, 6) is 0. The molecule has 0 heterocycles. The van der Waals surface area contributed by atoms with Gasteiger partial charge in [0.25, 0.3) is 0 Å². The lowest BCUT2D eigenvalue weighted by atomic mass is 10.2. The summed E-state index contributed by atoms with van der Waals surface area (Å²) in [6, 6.07) is 7.89. The van der Waals surface area contributed by atoms with Gasteiger partial charge >= 0.3 is 0 Å². The molecule has 0 aromatic heterocycles. The van der Waals surface area contributed by atoms with E-state index in [4.69, 9.17) is 16.3 Å². The number of hydrogen-bond acceptors (Lipinski definition) is 2. The smallest absolute Gasteiger partial charge is 0.0718 e. The van der Waals surface area contributed by atoms with Crippen molar-refractivity contribution in [1.29, 1.82) is 0 Å². The first kappa shape index (κ1) is 12.3. The van der Waals surface area contributed by atoms with Gasteiger partial charge in [0.1, 0.15) is 0 Å². The van der Waals surface area contributed by atoms with E-state index in [1.165, 1.54) is 0 Å². The SMILES string of the molecule is CCN(CC(C)OC)c1ccccc1Cl. The zero-order valence-electron chi connectivity index (χ0n) is 9.53. The summed E-state index contributed by atoms with van der Waals surface area (Å²) in [5.41, 5.74) is 1.07. The normalized spacial score (nSPS) is 12.5. The fourth-order valence-electron chi connectivity index (χ4n) is 1.49. The van der Waals surface area contributed by atoms with Crippen molar-refractivity contribution in [3.8, 4) is 0 Å². The second kappa shape index (κ2) is 5.99. The molecular formula is C12H18ClNO. The maximum absolute atomic E-state index is 6.14. The van der Waals surface area contributed by atoms with Crippen molar-refractivity contribution in [2.24, 2.45) is 0 Å². The van der Waals surface area contributed by atoms with E-state index < -0.39 is 0 Å². The average molecular weight is 228 g/mol. The summed E-state index contributed by atoms with van der Waals surface area (Å²) in [4.78, 5) is 2.22. The summed E-state index contributed by atoms with van der Waals surface area (Å²) < 4.78 is 5.26. The van der Waals surface area contributed by atoms with Crippen LogP contribution in [0.2, 0.25) is 5.02 Å². The van der Waals surface area contributed by atoms with E-state index in [9.17, 15) is 0 Å². The molecule has 2 nitrogen and oxygen atoms in total. The van der Waals surface area contributed by atoms with Crippen molar-refractivity contribution < 1.29 is 4.74 Å². The molecule has 1 rings (SSSR count). The number of rotatable bonds is 5. The Bertz CT molecular complexity index is 303. The highest BCUT2D eigenvalue weighted by molar-refractivity contribution is 6.33. The van der Waals surface area contributed by atoms with Crippen molar-refractivity contribution in [2.45, 2.75) is 20.0 Å². The molecule has 1 unspecified atom stereocenters. The van der Waals surface area contributed by atoms with Gasteiger partial charge in [0.15, 0.2) is 0 Å². The molecule has 0 saturated heterocycles. The van der Waals surface area contributed by atoms with Gasteiger partial charge in [0, 0.05) is 20.2 Å². The highest BCUT2D eigenvalue weighted by Crippen LogP contribution is 2.25. The molecule has 0 bridgehead atoms. The lowest BCUT2D eigenvalue weighted by molar-refractivity contribution is 0.123. The van der Waals surface area contributed by atoms with Crippen LogP contribution in [-0.2, 0) is 4.74 Å². The van der Waals surface area contributed by atoms with E-state index >= 15 is 0 Å². The van der Waals surface area contributed by atoms with Gasteiger partial charge in [-0.15, -0.1) is 0 Å². The summed E-state index contributed by atoms with van der Waals surface area (Å²) >= 11 is 6.14. The highest BCUT2D eigenvalue weighted by Gasteiger charge is 2.11. The van der Waals surface area contributed by atoms with Crippen molar-refractivity contribution in [3.05, 3.63) is 29.3 Å². The maximum Gasteiger partial charge on any atom is 0.0718 e. The van der Waals surface area contributed by atoms with Gasteiger partial charge < -0.3 is 9.64 Å². The maximum atomic E-state index is 6.14. The highest BCUT2D eigenvalue weighted by atomic mass is 35.5. The fourth-order valence-corrected chi connectivity index (χ4v) is 1.75. The molecule has 0 aliphatic rings. The number of halogens is 1. The van der Waals surface area contributed by atoms with Gasteiger partial charge in [-0.05, 0) is 26.0 Å². The quantitative estimate of drug-likeness (QED) is 0.766. The molecule has 1 atom stereocenters. The monoisotopic (exact) mass is 227 g/mol.